The first kappa shape index (κ1) is 22.1. The molecule has 0 saturated carbocycles. The molecule has 5 aromatic rings. The Morgan fingerprint density at radius 1 is 0.853 bits per heavy atom. The number of nitrogens with zero attached hydrogens (tertiary/aromatic N) is 2. The molecule has 0 bridgehead atoms. The van der Waals surface area contributed by atoms with Gasteiger partial charge in [0.1, 0.15) is 18.2 Å². The van der Waals surface area contributed by atoms with E-state index in [2.05, 4.69) is 87.6 Å². The lowest BCUT2D eigenvalue weighted by molar-refractivity contribution is -0.666. The second kappa shape index (κ2) is 7.97. The normalized spacial score (nSPS) is 11.8. The van der Waals surface area contributed by atoms with Gasteiger partial charge in [0, 0.05) is 35.4 Å². The molecule has 0 fully saturated rings. The van der Waals surface area contributed by atoms with E-state index in [0.29, 0.717) is 5.56 Å². The number of hydrogen-bond donors (Lipinski definition) is 0. The Kier molecular flexibility index (Phi) is 5.19. The fourth-order valence-electron chi connectivity index (χ4n) is 4.73. The zero-order valence-corrected chi connectivity index (χ0v) is 21.7. The molecule has 0 radical (unpaired) electrons. The van der Waals surface area contributed by atoms with Gasteiger partial charge in [-0.15, -0.1) is 0 Å². The molecule has 0 aliphatic heterocycles. The van der Waals surface area contributed by atoms with Gasteiger partial charge in [-0.1, -0.05) is 62.1 Å². The zero-order valence-electron chi connectivity index (χ0n) is 20.7. The summed E-state index contributed by atoms with van der Waals surface area (Å²) in [7, 11) is 0.614. The van der Waals surface area contributed by atoms with E-state index >= 15 is 0 Å². The molecule has 2 aromatic heterocycles. The van der Waals surface area contributed by atoms with Crippen LogP contribution >= 0.6 is 0 Å². The molecule has 0 aliphatic rings. The molecule has 0 unspecified atom stereocenters. The van der Waals surface area contributed by atoms with Gasteiger partial charge in [-0.05, 0) is 35.4 Å². The third kappa shape index (κ3) is 3.53. The van der Waals surface area contributed by atoms with Crippen molar-refractivity contribution < 1.29 is 8.98 Å². The van der Waals surface area contributed by atoms with Crippen LogP contribution in [-0.4, -0.2) is 8.07 Å². The van der Waals surface area contributed by atoms with Gasteiger partial charge in [-0.2, -0.15) is 9.83 Å². The topological polar surface area (TPSA) is 40.8 Å². The first-order chi connectivity index (χ1) is 16.2. The largest absolute Gasteiger partial charge is 0.454 e. The first-order valence-corrected chi connectivity index (χ1v) is 15.2. The van der Waals surface area contributed by atoms with Gasteiger partial charge in [0.2, 0.25) is 5.69 Å². The number of aromatic nitrogens is 1. The van der Waals surface area contributed by atoms with Crippen LogP contribution in [0.4, 0.5) is 0 Å². The predicted octanol–water partition coefficient (Wildman–Crippen LogP) is 6.78. The van der Waals surface area contributed by atoms with Crippen molar-refractivity contribution in [1.82, 2.24) is 0 Å². The molecule has 34 heavy (non-hydrogen) atoms. The van der Waals surface area contributed by atoms with Crippen LogP contribution < -0.4 is 9.75 Å². The molecule has 168 valence electrons. The number of rotatable bonds is 3. The Bertz CT molecular complexity index is 1620. The summed E-state index contributed by atoms with van der Waals surface area (Å²) in [6.07, 6.45) is 0. The third-order valence-electron chi connectivity index (χ3n) is 6.83. The predicted molar refractivity (Wildman–Crippen MR) is 143 cm³/mol. The maximum absolute atomic E-state index is 9.75. The molecule has 0 amide bonds. The van der Waals surface area contributed by atoms with Crippen LogP contribution in [-0.2, 0) is 7.05 Å². The van der Waals surface area contributed by atoms with Gasteiger partial charge < -0.3 is 4.42 Å². The summed E-state index contributed by atoms with van der Waals surface area (Å²) < 4.78 is 8.97. The summed E-state index contributed by atoms with van der Waals surface area (Å²) in [5.74, 6) is 0. The molecule has 5 rings (SSSR count). The van der Waals surface area contributed by atoms with E-state index in [0.717, 1.165) is 38.6 Å². The van der Waals surface area contributed by atoms with Crippen molar-refractivity contribution in [1.29, 1.82) is 5.26 Å². The summed E-state index contributed by atoms with van der Waals surface area (Å²) in [4.78, 5) is 0. The van der Waals surface area contributed by atoms with E-state index in [1.165, 1.54) is 22.1 Å². The van der Waals surface area contributed by atoms with Crippen molar-refractivity contribution in [3.63, 3.8) is 0 Å². The van der Waals surface area contributed by atoms with Crippen molar-refractivity contribution in [2.24, 2.45) is 7.05 Å². The van der Waals surface area contributed by atoms with Gasteiger partial charge in [-0.25, -0.2) is 0 Å². The summed E-state index contributed by atoms with van der Waals surface area (Å²) in [6, 6.07) is 25.4. The Hall–Kier alpha value is -3.68. The SMILES string of the molecule is Cc1ccc2c(oc3c(-c4ccccc4)cc(C#N)cc32)c1-c1cc([Si](C)(C)C)cc(C)[n+]1C. The van der Waals surface area contributed by atoms with E-state index in [4.69, 9.17) is 4.42 Å². The number of furan rings is 1. The van der Waals surface area contributed by atoms with E-state index in [1.807, 2.05) is 30.3 Å². The van der Waals surface area contributed by atoms with Crippen LogP contribution in [0, 0.1) is 25.2 Å². The standard InChI is InChI=1S/C30H29N2OSi/c1-19-12-13-24-26-16-21(18-31)15-25(22-10-8-7-9-11-22)29(26)33-30(24)28(19)27-17-23(34(4,5)6)14-20(2)32(27)3/h7-17H,1-6H3/q+1. The van der Waals surface area contributed by atoms with Gasteiger partial charge in [0.25, 0.3) is 0 Å². The molecule has 0 saturated heterocycles. The maximum Gasteiger partial charge on any atom is 0.216 e. The fraction of sp³-hybridized carbons (Fsp3) is 0.200. The Balaban J connectivity index is 1.91. The van der Waals surface area contributed by atoms with E-state index < -0.39 is 8.07 Å². The van der Waals surface area contributed by atoms with Crippen LogP contribution in [0.15, 0.2) is 71.1 Å². The molecule has 0 aliphatic carbocycles. The van der Waals surface area contributed by atoms with Crippen molar-refractivity contribution in [2.45, 2.75) is 33.5 Å². The third-order valence-corrected chi connectivity index (χ3v) is 8.85. The lowest BCUT2D eigenvalue weighted by atomic mass is 9.97. The molecular weight excluding hydrogens is 432 g/mol. The highest BCUT2D eigenvalue weighted by molar-refractivity contribution is 6.88. The van der Waals surface area contributed by atoms with Crippen LogP contribution in [0.1, 0.15) is 16.8 Å². The molecule has 3 nitrogen and oxygen atoms in total. The number of benzene rings is 3. The quantitative estimate of drug-likeness (QED) is 0.219. The molecule has 0 spiro atoms. The highest BCUT2D eigenvalue weighted by Crippen LogP contribution is 2.41. The molecule has 2 heterocycles. The van der Waals surface area contributed by atoms with Gasteiger partial charge in [0.05, 0.1) is 25.3 Å². The van der Waals surface area contributed by atoms with E-state index in [-0.39, 0.29) is 0 Å². The highest BCUT2D eigenvalue weighted by Gasteiger charge is 2.27. The lowest BCUT2D eigenvalue weighted by Gasteiger charge is -2.18. The van der Waals surface area contributed by atoms with Crippen molar-refractivity contribution in [3.05, 3.63) is 83.6 Å². The maximum atomic E-state index is 9.75. The van der Waals surface area contributed by atoms with Crippen LogP contribution in [0.25, 0.3) is 44.3 Å². The summed E-state index contributed by atoms with van der Waals surface area (Å²) in [5, 5.41) is 13.2. The smallest absolute Gasteiger partial charge is 0.216 e. The van der Waals surface area contributed by atoms with Gasteiger partial charge in [-0.3, -0.25) is 0 Å². The summed E-state index contributed by atoms with van der Waals surface area (Å²) >= 11 is 0. The molecule has 4 heteroatoms. The van der Waals surface area contributed by atoms with Crippen LogP contribution in [0.5, 0.6) is 0 Å². The average molecular weight is 462 g/mol. The minimum absolute atomic E-state index is 0.637. The van der Waals surface area contributed by atoms with Crippen LogP contribution in [0.2, 0.25) is 19.6 Å². The highest BCUT2D eigenvalue weighted by atomic mass is 28.3. The molecule has 0 N–H and O–H groups in total. The van der Waals surface area contributed by atoms with Crippen molar-refractivity contribution >= 4 is 35.2 Å². The van der Waals surface area contributed by atoms with Gasteiger partial charge in [0.15, 0.2) is 5.69 Å². The number of pyridine rings is 1. The minimum Gasteiger partial charge on any atom is -0.454 e. The van der Waals surface area contributed by atoms with E-state index in [1.54, 1.807) is 0 Å². The zero-order chi connectivity index (χ0) is 24.2. The number of fused-ring (bicyclic) bond motifs is 3. The minimum atomic E-state index is -1.51. The second-order valence-corrected chi connectivity index (χ2v) is 15.3. The Morgan fingerprint density at radius 2 is 1.59 bits per heavy atom. The number of aryl methyl sites for hydroxylation is 2. The summed E-state index contributed by atoms with van der Waals surface area (Å²) in [5.41, 5.74) is 9.04. The fourth-order valence-corrected chi connectivity index (χ4v) is 5.94. The Labute approximate surface area is 201 Å². The number of nitriles is 1. The van der Waals surface area contributed by atoms with Crippen molar-refractivity contribution in [3.8, 4) is 28.5 Å². The van der Waals surface area contributed by atoms with Crippen LogP contribution in [0.3, 0.4) is 0 Å². The molecule has 0 atom stereocenters. The monoisotopic (exact) mass is 461 g/mol. The number of hydrogen-bond acceptors (Lipinski definition) is 2. The molecule has 3 aromatic carbocycles. The van der Waals surface area contributed by atoms with Crippen molar-refractivity contribution in [2.75, 3.05) is 0 Å². The lowest BCUT2D eigenvalue weighted by Crippen LogP contribution is -2.44. The van der Waals surface area contributed by atoms with E-state index in [9.17, 15) is 5.26 Å². The van der Waals surface area contributed by atoms with Gasteiger partial charge >= 0.3 is 0 Å². The second-order valence-electron chi connectivity index (χ2n) is 10.2. The Morgan fingerprint density at radius 3 is 2.26 bits per heavy atom. The summed E-state index contributed by atoms with van der Waals surface area (Å²) in [6.45, 7) is 11.5. The first-order valence-electron chi connectivity index (χ1n) is 11.7. The molecular formula is C30H29N2OSi+. The average Bonchev–Trinajstić information content (AvgIpc) is 3.18.